The van der Waals surface area contributed by atoms with Gasteiger partial charge in [0.1, 0.15) is 12.4 Å². The molecule has 17 heavy (non-hydrogen) atoms. The molecule has 0 spiro atoms. The lowest BCUT2D eigenvalue weighted by Gasteiger charge is -2.10. The highest BCUT2D eigenvalue weighted by Crippen LogP contribution is 2.13. The van der Waals surface area contributed by atoms with Gasteiger partial charge in [0.25, 0.3) is 0 Å². The van der Waals surface area contributed by atoms with Crippen LogP contribution in [0.2, 0.25) is 0 Å². The maximum atomic E-state index is 9.13. The largest absolute Gasteiger partial charge is 0.491 e. The molecule has 1 rings (SSSR count). The fourth-order valence-corrected chi connectivity index (χ4v) is 1.37. The number of aliphatic hydroxyl groups is 1. The Morgan fingerprint density at radius 3 is 2.94 bits per heavy atom. The summed E-state index contributed by atoms with van der Waals surface area (Å²) in [7, 11) is 1.69. The Kier molecular flexibility index (Phi) is 6.62. The van der Waals surface area contributed by atoms with Gasteiger partial charge in [0.2, 0.25) is 0 Å². The number of nitrogens with one attached hydrogen (secondary N) is 1. The van der Waals surface area contributed by atoms with Gasteiger partial charge in [0, 0.05) is 20.2 Å². The quantitative estimate of drug-likeness (QED) is 0.669. The van der Waals surface area contributed by atoms with Crippen LogP contribution in [0.3, 0.4) is 0 Å². The van der Waals surface area contributed by atoms with Crippen molar-refractivity contribution in [3.63, 3.8) is 0 Å². The molecule has 1 aromatic carbocycles. The van der Waals surface area contributed by atoms with Crippen LogP contribution in [0.1, 0.15) is 12.5 Å². The molecule has 2 N–H and O–H groups in total. The van der Waals surface area contributed by atoms with E-state index in [9.17, 15) is 0 Å². The molecule has 0 aliphatic carbocycles. The lowest BCUT2D eigenvalue weighted by molar-refractivity contribution is 0.122. The van der Waals surface area contributed by atoms with Crippen LogP contribution in [-0.4, -0.2) is 38.1 Å². The van der Waals surface area contributed by atoms with E-state index in [1.807, 2.05) is 24.3 Å². The van der Waals surface area contributed by atoms with E-state index in [4.69, 9.17) is 14.6 Å². The molecule has 0 amide bonds. The summed E-state index contributed by atoms with van der Waals surface area (Å²) in [6.07, 6.45) is -0.446. The molecule has 0 heterocycles. The fourth-order valence-electron chi connectivity index (χ4n) is 1.37. The fraction of sp³-hybridized carbons (Fsp3) is 0.538. The van der Waals surface area contributed by atoms with Crippen molar-refractivity contribution in [2.75, 3.05) is 26.9 Å². The van der Waals surface area contributed by atoms with Gasteiger partial charge in [-0.05, 0) is 24.6 Å². The number of ether oxygens (including phenoxy) is 2. The van der Waals surface area contributed by atoms with Crippen LogP contribution in [0.5, 0.6) is 5.75 Å². The van der Waals surface area contributed by atoms with E-state index < -0.39 is 6.10 Å². The van der Waals surface area contributed by atoms with Gasteiger partial charge in [-0.1, -0.05) is 12.1 Å². The predicted octanol–water partition coefficient (Wildman–Crippen LogP) is 1.18. The molecule has 4 heteroatoms. The molecular weight excluding hydrogens is 218 g/mol. The van der Waals surface area contributed by atoms with Gasteiger partial charge in [-0.3, -0.25) is 0 Å². The van der Waals surface area contributed by atoms with Crippen molar-refractivity contribution in [3.8, 4) is 5.75 Å². The van der Waals surface area contributed by atoms with Gasteiger partial charge < -0.3 is 19.9 Å². The summed E-state index contributed by atoms with van der Waals surface area (Å²) < 4.78 is 10.4. The minimum absolute atomic E-state index is 0.320. The van der Waals surface area contributed by atoms with Crippen LogP contribution in [-0.2, 0) is 11.3 Å². The Morgan fingerprint density at radius 2 is 2.24 bits per heavy atom. The minimum Gasteiger partial charge on any atom is -0.491 e. The highest BCUT2D eigenvalue weighted by Gasteiger charge is 1.99. The van der Waals surface area contributed by atoms with Crippen molar-refractivity contribution in [3.05, 3.63) is 29.8 Å². The summed E-state index contributed by atoms with van der Waals surface area (Å²) in [5.74, 6) is 0.789. The van der Waals surface area contributed by atoms with Gasteiger partial charge in [0.15, 0.2) is 0 Å². The van der Waals surface area contributed by atoms with Gasteiger partial charge in [-0.25, -0.2) is 0 Å². The van der Waals surface area contributed by atoms with Crippen molar-refractivity contribution in [1.82, 2.24) is 5.32 Å². The molecule has 4 nitrogen and oxygen atoms in total. The Bertz CT molecular complexity index is 315. The second-order valence-electron chi connectivity index (χ2n) is 3.98. The van der Waals surface area contributed by atoms with Crippen LogP contribution in [0.15, 0.2) is 24.3 Å². The predicted molar refractivity (Wildman–Crippen MR) is 67.2 cm³/mol. The third kappa shape index (κ3) is 6.26. The zero-order valence-corrected chi connectivity index (χ0v) is 10.5. The minimum atomic E-state index is -0.446. The molecule has 0 bridgehead atoms. The number of benzene rings is 1. The third-order valence-corrected chi connectivity index (χ3v) is 2.20. The van der Waals surface area contributed by atoms with Gasteiger partial charge in [0.05, 0.1) is 12.7 Å². The zero-order valence-electron chi connectivity index (χ0n) is 10.5. The van der Waals surface area contributed by atoms with Crippen LogP contribution >= 0.6 is 0 Å². The van der Waals surface area contributed by atoms with Gasteiger partial charge in [-0.2, -0.15) is 0 Å². The highest BCUT2D eigenvalue weighted by atomic mass is 16.5. The van der Waals surface area contributed by atoms with Gasteiger partial charge in [-0.15, -0.1) is 0 Å². The molecule has 0 aromatic heterocycles. The molecule has 1 atom stereocenters. The first-order valence-corrected chi connectivity index (χ1v) is 5.82. The molecule has 1 unspecified atom stereocenters. The maximum absolute atomic E-state index is 9.13. The Labute approximate surface area is 103 Å². The van der Waals surface area contributed by atoms with Crippen molar-refractivity contribution in [2.24, 2.45) is 0 Å². The first-order valence-electron chi connectivity index (χ1n) is 5.82. The monoisotopic (exact) mass is 239 g/mol. The SMILES string of the molecule is COCCNCc1cccc(OCC(C)O)c1. The number of hydrogen-bond acceptors (Lipinski definition) is 4. The third-order valence-electron chi connectivity index (χ3n) is 2.20. The van der Waals surface area contributed by atoms with E-state index in [1.54, 1.807) is 14.0 Å². The van der Waals surface area contributed by atoms with E-state index in [0.717, 1.165) is 24.4 Å². The first-order chi connectivity index (χ1) is 8.22. The molecule has 0 radical (unpaired) electrons. The molecule has 0 aliphatic heterocycles. The second kappa shape index (κ2) is 8.06. The Hall–Kier alpha value is -1.10. The zero-order chi connectivity index (χ0) is 12.5. The average Bonchev–Trinajstić information content (AvgIpc) is 2.33. The van der Waals surface area contributed by atoms with E-state index in [1.165, 1.54) is 0 Å². The molecule has 0 aliphatic rings. The maximum Gasteiger partial charge on any atom is 0.119 e. The lowest BCUT2D eigenvalue weighted by atomic mass is 10.2. The van der Waals surface area contributed by atoms with E-state index in [0.29, 0.717) is 13.2 Å². The summed E-state index contributed by atoms with van der Waals surface area (Å²) in [5.41, 5.74) is 1.16. The first kappa shape index (κ1) is 14.0. The summed E-state index contributed by atoms with van der Waals surface area (Å²) in [5, 5.41) is 12.4. The van der Waals surface area contributed by atoms with Crippen LogP contribution < -0.4 is 10.1 Å². The highest BCUT2D eigenvalue weighted by molar-refractivity contribution is 5.28. The summed E-state index contributed by atoms with van der Waals surface area (Å²) >= 11 is 0. The smallest absolute Gasteiger partial charge is 0.119 e. The summed E-state index contributed by atoms with van der Waals surface area (Å²) in [4.78, 5) is 0. The molecule has 1 aromatic rings. The second-order valence-corrected chi connectivity index (χ2v) is 3.98. The number of methoxy groups -OCH3 is 1. The number of rotatable bonds is 8. The molecule has 0 saturated heterocycles. The molecule has 0 fully saturated rings. The number of hydrogen-bond donors (Lipinski definition) is 2. The van der Waals surface area contributed by atoms with Crippen LogP contribution in [0.25, 0.3) is 0 Å². The molecular formula is C13H21NO3. The van der Waals surface area contributed by atoms with Crippen molar-refractivity contribution >= 4 is 0 Å². The van der Waals surface area contributed by atoms with E-state index in [2.05, 4.69) is 5.32 Å². The normalized spacial score (nSPS) is 12.4. The Morgan fingerprint density at radius 1 is 1.41 bits per heavy atom. The topological polar surface area (TPSA) is 50.7 Å². The van der Waals surface area contributed by atoms with E-state index >= 15 is 0 Å². The van der Waals surface area contributed by atoms with Crippen LogP contribution in [0.4, 0.5) is 0 Å². The number of aliphatic hydroxyl groups excluding tert-OH is 1. The van der Waals surface area contributed by atoms with Crippen LogP contribution in [0, 0.1) is 0 Å². The van der Waals surface area contributed by atoms with Crippen molar-refractivity contribution in [2.45, 2.75) is 19.6 Å². The summed E-state index contributed by atoms with van der Waals surface area (Å²) in [6, 6.07) is 7.85. The summed E-state index contributed by atoms with van der Waals surface area (Å²) in [6.45, 7) is 4.35. The molecule has 0 saturated carbocycles. The van der Waals surface area contributed by atoms with E-state index in [-0.39, 0.29) is 0 Å². The van der Waals surface area contributed by atoms with Crippen molar-refractivity contribution in [1.29, 1.82) is 0 Å². The Balaban J connectivity index is 2.37. The lowest BCUT2D eigenvalue weighted by Crippen LogP contribution is -2.18. The standard InChI is InChI=1S/C13H21NO3/c1-11(15)10-17-13-5-3-4-12(8-13)9-14-6-7-16-2/h3-5,8,11,14-15H,6-7,9-10H2,1-2H3. The van der Waals surface area contributed by atoms with Gasteiger partial charge >= 0.3 is 0 Å². The average molecular weight is 239 g/mol. The van der Waals surface area contributed by atoms with Crippen molar-refractivity contribution < 1.29 is 14.6 Å². The molecule has 96 valence electrons.